The third-order valence-electron chi connectivity index (χ3n) is 3.99. The zero-order chi connectivity index (χ0) is 18.0. The highest BCUT2D eigenvalue weighted by molar-refractivity contribution is 7.89. The van der Waals surface area contributed by atoms with E-state index in [4.69, 9.17) is 16.3 Å². The summed E-state index contributed by atoms with van der Waals surface area (Å²) in [6.45, 7) is 2.45. The van der Waals surface area contributed by atoms with E-state index in [2.05, 4.69) is 10.2 Å². The zero-order valence-corrected chi connectivity index (χ0v) is 15.1. The fourth-order valence-corrected chi connectivity index (χ4v) is 4.34. The molecule has 9 heteroatoms. The standard InChI is InChI=1S/C16H17ClFN3O3S/c1-11-2-5-16(20-19-11)24-12-6-8-21(9-7-12)25(22,23)13-3-4-15(18)14(17)10-13/h2-5,10,12H,6-9H2,1H3. The average molecular weight is 386 g/mol. The van der Waals surface area contributed by atoms with E-state index in [1.54, 1.807) is 12.1 Å². The van der Waals surface area contributed by atoms with Crippen LogP contribution < -0.4 is 4.74 Å². The number of nitrogens with zero attached hydrogens (tertiary/aromatic N) is 3. The van der Waals surface area contributed by atoms with E-state index in [1.807, 2.05) is 6.92 Å². The molecule has 0 amide bonds. The second-order valence-electron chi connectivity index (χ2n) is 5.81. The highest BCUT2D eigenvalue weighted by atomic mass is 35.5. The Kier molecular flexibility index (Phi) is 5.21. The van der Waals surface area contributed by atoms with Gasteiger partial charge in [0.25, 0.3) is 0 Å². The molecule has 0 bridgehead atoms. The van der Waals surface area contributed by atoms with Crippen LogP contribution in [0, 0.1) is 12.7 Å². The molecular weight excluding hydrogens is 369 g/mol. The van der Waals surface area contributed by atoms with Gasteiger partial charge in [0.2, 0.25) is 15.9 Å². The lowest BCUT2D eigenvalue weighted by Gasteiger charge is -2.31. The molecular formula is C16H17ClFN3O3S. The summed E-state index contributed by atoms with van der Waals surface area (Å²) >= 11 is 5.69. The number of benzene rings is 1. The highest BCUT2D eigenvalue weighted by Crippen LogP contribution is 2.25. The molecule has 1 aliphatic rings. The molecule has 25 heavy (non-hydrogen) atoms. The Labute approximate surface area is 150 Å². The first kappa shape index (κ1) is 18.0. The Balaban J connectivity index is 1.64. The van der Waals surface area contributed by atoms with Crippen LogP contribution in [0.1, 0.15) is 18.5 Å². The molecule has 0 spiro atoms. The van der Waals surface area contributed by atoms with Gasteiger partial charge in [-0.1, -0.05) is 11.6 Å². The molecule has 0 radical (unpaired) electrons. The molecule has 134 valence electrons. The smallest absolute Gasteiger partial charge is 0.243 e. The fourth-order valence-electron chi connectivity index (χ4n) is 2.60. The molecule has 2 heterocycles. The van der Waals surface area contributed by atoms with Gasteiger partial charge in [-0.25, -0.2) is 12.8 Å². The summed E-state index contributed by atoms with van der Waals surface area (Å²) < 4.78 is 45.6. The maximum atomic E-state index is 13.2. The van der Waals surface area contributed by atoms with Crippen LogP contribution in [0.4, 0.5) is 4.39 Å². The molecule has 1 aliphatic heterocycles. The largest absolute Gasteiger partial charge is 0.473 e. The minimum absolute atomic E-state index is 0.0114. The van der Waals surface area contributed by atoms with Crippen LogP contribution in [-0.4, -0.2) is 42.1 Å². The Morgan fingerprint density at radius 1 is 1.20 bits per heavy atom. The number of hydrogen-bond acceptors (Lipinski definition) is 5. The second kappa shape index (κ2) is 7.23. The van der Waals surface area contributed by atoms with Gasteiger partial charge in [0.1, 0.15) is 11.9 Å². The molecule has 2 aromatic rings. The van der Waals surface area contributed by atoms with Gasteiger partial charge in [0.05, 0.1) is 15.6 Å². The average Bonchev–Trinajstić information content (AvgIpc) is 2.60. The molecule has 1 fully saturated rings. The predicted molar refractivity (Wildman–Crippen MR) is 90.6 cm³/mol. The Morgan fingerprint density at radius 2 is 1.92 bits per heavy atom. The second-order valence-corrected chi connectivity index (χ2v) is 8.16. The van der Waals surface area contributed by atoms with E-state index in [-0.39, 0.29) is 16.0 Å². The minimum atomic E-state index is -3.70. The van der Waals surface area contributed by atoms with E-state index in [1.165, 1.54) is 10.4 Å². The Morgan fingerprint density at radius 3 is 2.52 bits per heavy atom. The maximum Gasteiger partial charge on any atom is 0.243 e. The van der Waals surface area contributed by atoms with Crippen LogP contribution in [0.2, 0.25) is 5.02 Å². The van der Waals surface area contributed by atoms with Crippen molar-refractivity contribution >= 4 is 21.6 Å². The lowest BCUT2D eigenvalue weighted by Crippen LogP contribution is -2.41. The van der Waals surface area contributed by atoms with Crippen molar-refractivity contribution in [2.24, 2.45) is 0 Å². The fraction of sp³-hybridized carbons (Fsp3) is 0.375. The van der Waals surface area contributed by atoms with E-state index in [0.29, 0.717) is 31.8 Å². The van der Waals surface area contributed by atoms with Crippen LogP contribution in [0.15, 0.2) is 35.2 Å². The van der Waals surface area contributed by atoms with E-state index in [9.17, 15) is 12.8 Å². The van der Waals surface area contributed by atoms with Gasteiger partial charge in [-0.15, -0.1) is 5.10 Å². The number of aromatic nitrogens is 2. The number of halogens is 2. The summed E-state index contributed by atoms with van der Waals surface area (Å²) in [5.41, 5.74) is 0.797. The van der Waals surface area contributed by atoms with E-state index >= 15 is 0 Å². The van der Waals surface area contributed by atoms with Crippen LogP contribution in [0.5, 0.6) is 5.88 Å². The first-order valence-electron chi connectivity index (χ1n) is 7.78. The van der Waals surface area contributed by atoms with Gasteiger partial charge >= 0.3 is 0 Å². The van der Waals surface area contributed by atoms with Crippen molar-refractivity contribution in [3.05, 3.63) is 46.9 Å². The molecule has 6 nitrogen and oxygen atoms in total. The number of piperidine rings is 1. The molecule has 0 atom stereocenters. The molecule has 3 rings (SSSR count). The van der Waals surface area contributed by atoms with Crippen molar-refractivity contribution in [2.45, 2.75) is 30.8 Å². The number of sulfonamides is 1. The van der Waals surface area contributed by atoms with Crippen molar-refractivity contribution in [3.63, 3.8) is 0 Å². The lowest BCUT2D eigenvalue weighted by molar-refractivity contribution is 0.128. The third kappa shape index (κ3) is 4.08. The summed E-state index contributed by atoms with van der Waals surface area (Å²) in [6, 6.07) is 6.96. The van der Waals surface area contributed by atoms with E-state index < -0.39 is 15.8 Å². The topological polar surface area (TPSA) is 72.4 Å². The first-order valence-corrected chi connectivity index (χ1v) is 9.60. The van der Waals surface area contributed by atoms with Crippen molar-refractivity contribution in [1.29, 1.82) is 0 Å². The summed E-state index contributed by atoms with van der Waals surface area (Å²) in [7, 11) is -3.70. The zero-order valence-electron chi connectivity index (χ0n) is 13.5. The van der Waals surface area contributed by atoms with Gasteiger partial charge in [0.15, 0.2) is 0 Å². The van der Waals surface area contributed by atoms with Crippen LogP contribution >= 0.6 is 11.6 Å². The van der Waals surface area contributed by atoms with Gasteiger partial charge in [-0.3, -0.25) is 0 Å². The highest BCUT2D eigenvalue weighted by Gasteiger charge is 2.30. The van der Waals surface area contributed by atoms with Crippen LogP contribution in [-0.2, 0) is 10.0 Å². The molecule has 1 saturated heterocycles. The minimum Gasteiger partial charge on any atom is -0.473 e. The van der Waals surface area contributed by atoms with Gasteiger partial charge in [-0.05, 0) is 44.0 Å². The van der Waals surface area contributed by atoms with Crippen molar-refractivity contribution < 1.29 is 17.5 Å². The normalized spacial score (nSPS) is 16.8. The molecule has 0 N–H and O–H groups in total. The third-order valence-corrected chi connectivity index (χ3v) is 6.17. The number of aryl methyl sites for hydroxylation is 1. The maximum absolute atomic E-state index is 13.2. The number of rotatable bonds is 4. The quantitative estimate of drug-likeness (QED) is 0.809. The van der Waals surface area contributed by atoms with Crippen LogP contribution in [0.25, 0.3) is 0 Å². The summed E-state index contributed by atoms with van der Waals surface area (Å²) in [5.74, 6) is -0.218. The van der Waals surface area contributed by atoms with Crippen molar-refractivity contribution in [3.8, 4) is 5.88 Å². The van der Waals surface area contributed by atoms with Crippen molar-refractivity contribution in [2.75, 3.05) is 13.1 Å². The molecule has 0 saturated carbocycles. The van der Waals surface area contributed by atoms with Crippen LogP contribution in [0.3, 0.4) is 0 Å². The molecule has 1 aromatic heterocycles. The monoisotopic (exact) mass is 385 g/mol. The SMILES string of the molecule is Cc1ccc(OC2CCN(S(=O)(=O)c3ccc(F)c(Cl)c3)CC2)nn1. The summed E-state index contributed by atoms with van der Waals surface area (Å²) in [5, 5.41) is 7.67. The van der Waals surface area contributed by atoms with E-state index in [0.717, 1.165) is 17.8 Å². The Hall–Kier alpha value is -1.77. The van der Waals surface area contributed by atoms with Gasteiger partial charge in [0, 0.05) is 19.2 Å². The van der Waals surface area contributed by atoms with Gasteiger partial charge < -0.3 is 4.74 Å². The molecule has 0 unspecified atom stereocenters. The lowest BCUT2D eigenvalue weighted by atomic mass is 10.1. The molecule has 1 aromatic carbocycles. The number of ether oxygens (including phenoxy) is 1. The van der Waals surface area contributed by atoms with Crippen molar-refractivity contribution in [1.82, 2.24) is 14.5 Å². The summed E-state index contributed by atoms with van der Waals surface area (Å²) in [4.78, 5) is -0.0114. The number of hydrogen-bond donors (Lipinski definition) is 0. The Bertz CT molecular complexity index is 853. The predicted octanol–water partition coefficient (Wildman–Crippen LogP) is 2.81. The molecule has 0 aliphatic carbocycles. The van der Waals surface area contributed by atoms with Gasteiger partial charge in [-0.2, -0.15) is 9.40 Å². The summed E-state index contributed by atoms with van der Waals surface area (Å²) in [6.07, 6.45) is 0.938. The first-order chi connectivity index (χ1) is 11.9.